The number of carbonyl (C=O) groups excluding carboxylic acids is 1. The summed E-state index contributed by atoms with van der Waals surface area (Å²) in [5, 5.41) is 10.7. The monoisotopic (exact) mass is 384 g/mol. The van der Waals surface area contributed by atoms with Gasteiger partial charge in [0.05, 0.1) is 18.0 Å². The first kappa shape index (κ1) is 18.8. The lowest BCUT2D eigenvalue weighted by Crippen LogP contribution is -2.34. The highest BCUT2D eigenvalue weighted by Gasteiger charge is 2.42. The van der Waals surface area contributed by atoms with Gasteiger partial charge in [-0.15, -0.1) is 22.0 Å². The molecule has 1 aromatic carbocycles. The zero-order valence-corrected chi connectivity index (χ0v) is 15.0. The van der Waals surface area contributed by atoms with Crippen molar-refractivity contribution < 1.29 is 18.0 Å². The van der Waals surface area contributed by atoms with Gasteiger partial charge in [0, 0.05) is 17.9 Å². The second kappa shape index (κ2) is 7.69. The number of amides is 1. The van der Waals surface area contributed by atoms with Gasteiger partial charge in [0.2, 0.25) is 0 Å². The maximum absolute atomic E-state index is 13.0. The number of aryl methyl sites for hydroxylation is 1. The van der Waals surface area contributed by atoms with E-state index in [2.05, 4.69) is 15.5 Å². The van der Waals surface area contributed by atoms with Gasteiger partial charge in [-0.1, -0.05) is 19.1 Å². The Bertz CT molecular complexity index is 791. The number of fused-ring (bicyclic) bond motifs is 1. The third-order valence-corrected chi connectivity index (χ3v) is 5.28. The maximum Gasteiger partial charge on any atom is 0.393 e. The highest BCUT2D eigenvalue weighted by atomic mass is 32.2. The molecule has 1 N–H and O–H groups in total. The van der Waals surface area contributed by atoms with Crippen molar-refractivity contribution in [3.63, 3.8) is 0 Å². The molecule has 5 nitrogen and oxygen atoms in total. The molecule has 3 rings (SSSR count). The topological polar surface area (TPSA) is 59.8 Å². The van der Waals surface area contributed by atoms with E-state index >= 15 is 0 Å². The summed E-state index contributed by atoms with van der Waals surface area (Å²) < 4.78 is 40.5. The first-order valence-electron chi connectivity index (χ1n) is 8.37. The average Bonchev–Trinajstić information content (AvgIpc) is 3.02. The zero-order valence-electron chi connectivity index (χ0n) is 14.2. The van der Waals surface area contributed by atoms with E-state index in [0.717, 1.165) is 10.6 Å². The largest absolute Gasteiger partial charge is 0.393 e. The predicted octanol–water partition coefficient (Wildman–Crippen LogP) is 3.44. The molecule has 2 heterocycles. The minimum absolute atomic E-state index is 0.0234. The third kappa shape index (κ3) is 4.03. The van der Waals surface area contributed by atoms with E-state index in [0.29, 0.717) is 17.2 Å². The summed E-state index contributed by atoms with van der Waals surface area (Å²) in [6.45, 7) is 1.85. The van der Waals surface area contributed by atoms with Crippen LogP contribution in [0.2, 0.25) is 0 Å². The van der Waals surface area contributed by atoms with Gasteiger partial charge in [-0.25, -0.2) is 0 Å². The lowest BCUT2D eigenvalue weighted by atomic mass is 9.99. The molecule has 9 heteroatoms. The van der Waals surface area contributed by atoms with Crippen molar-refractivity contribution in [1.29, 1.82) is 0 Å². The minimum Gasteiger partial charge on any atom is -0.345 e. The van der Waals surface area contributed by atoms with E-state index in [1.165, 1.54) is 4.57 Å². The molecule has 1 aliphatic rings. The van der Waals surface area contributed by atoms with Crippen LogP contribution in [0.1, 0.15) is 35.4 Å². The van der Waals surface area contributed by atoms with Crippen LogP contribution in [-0.4, -0.2) is 32.6 Å². The second-order valence-corrected chi connectivity index (χ2v) is 7.34. The fraction of sp³-hybridized carbons (Fsp3) is 0.471. The molecule has 1 atom stereocenters. The molecular formula is C17H19F3N4OS. The highest BCUT2D eigenvalue weighted by Crippen LogP contribution is 2.34. The highest BCUT2D eigenvalue weighted by molar-refractivity contribution is 7.99. The molecule has 0 saturated heterocycles. The maximum atomic E-state index is 13.0. The van der Waals surface area contributed by atoms with Gasteiger partial charge in [-0.3, -0.25) is 4.79 Å². The third-order valence-electron chi connectivity index (χ3n) is 4.32. The number of alkyl halides is 3. The number of carbonyl (C=O) groups is 1. The second-order valence-electron chi connectivity index (χ2n) is 6.03. The van der Waals surface area contributed by atoms with Gasteiger partial charge >= 0.3 is 6.18 Å². The van der Waals surface area contributed by atoms with Crippen LogP contribution in [0.4, 0.5) is 13.2 Å². The lowest BCUT2D eigenvalue weighted by molar-refractivity contribution is -0.182. The molecule has 0 bridgehead atoms. The number of aromatic nitrogens is 3. The van der Waals surface area contributed by atoms with Gasteiger partial charge in [-0.05, 0) is 24.3 Å². The molecule has 0 unspecified atom stereocenters. The van der Waals surface area contributed by atoms with Gasteiger partial charge in [-0.2, -0.15) is 13.2 Å². The molecule has 0 saturated carbocycles. The summed E-state index contributed by atoms with van der Waals surface area (Å²) in [6, 6.07) is 7.24. The normalized spacial score (nSPS) is 17.0. The fourth-order valence-corrected chi connectivity index (χ4v) is 3.77. The number of benzene rings is 1. The molecular weight excluding hydrogens is 365 g/mol. The summed E-state index contributed by atoms with van der Waals surface area (Å²) >= 11 is 1.56. The molecule has 2 aromatic rings. The number of rotatable bonds is 5. The van der Waals surface area contributed by atoms with Crippen molar-refractivity contribution in [2.75, 3.05) is 5.75 Å². The van der Waals surface area contributed by atoms with Crippen molar-refractivity contribution in [2.45, 2.75) is 43.9 Å². The molecule has 0 aliphatic carbocycles. The lowest BCUT2D eigenvalue weighted by Gasteiger charge is -2.26. The molecule has 0 radical (unpaired) electrons. The molecule has 1 amide bonds. The number of hydrogen-bond donors (Lipinski definition) is 1. The minimum atomic E-state index is -4.24. The van der Waals surface area contributed by atoms with Crippen molar-refractivity contribution in [1.82, 2.24) is 20.1 Å². The standard InChI is InChI=1S/C17H19F3N4OS/c1-2-26-13-6-4-3-5-12(13)16(25)21-9-15-23-22-14-8-7-11(10-24(14)15)17(18,19)20/h3-6,11H,2,7-10H2,1H3,(H,21,25)/t11-/m0/s1. The molecule has 0 spiro atoms. The number of halogens is 3. The molecule has 1 aliphatic heterocycles. The summed E-state index contributed by atoms with van der Waals surface area (Å²) in [7, 11) is 0. The van der Waals surface area contributed by atoms with Crippen LogP contribution < -0.4 is 5.32 Å². The van der Waals surface area contributed by atoms with Crippen LogP contribution in [0, 0.1) is 5.92 Å². The number of hydrogen-bond acceptors (Lipinski definition) is 4. The van der Waals surface area contributed by atoms with E-state index < -0.39 is 12.1 Å². The molecule has 1 aromatic heterocycles. The van der Waals surface area contributed by atoms with Crippen LogP contribution in [0.25, 0.3) is 0 Å². The summed E-state index contributed by atoms with van der Waals surface area (Å²) in [5.41, 5.74) is 0.547. The smallest absolute Gasteiger partial charge is 0.345 e. The Balaban J connectivity index is 1.70. The summed E-state index contributed by atoms with van der Waals surface area (Å²) in [5.74, 6) is 0.0460. The number of thioether (sulfide) groups is 1. The van der Waals surface area contributed by atoms with E-state index in [1.807, 2.05) is 19.1 Å². The average molecular weight is 384 g/mol. The van der Waals surface area contributed by atoms with E-state index in [1.54, 1.807) is 23.9 Å². The molecule has 0 fully saturated rings. The number of nitrogens with zero attached hydrogens (tertiary/aromatic N) is 3. The van der Waals surface area contributed by atoms with Gasteiger partial charge in [0.1, 0.15) is 5.82 Å². The van der Waals surface area contributed by atoms with Crippen LogP contribution in [0.3, 0.4) is 0 Å². The predicted molar refractivity (Wildman–Crippen MR) is 91.9 cm³/mol. The Morgan fingerprint density at radius 1 is 1.35 bits per heavy atom. The Morgan fingerprint density at radius 2 is 2.12 bits per heavy atom. The Labute approximate surface area is 153 Å². The summed E-state index contributed by atoms with van der Waals surface area (Å²) in [4.78, 5) is 13.3. The van der Waals surface area contributed by atoms with Crippen molar-refractivity contribution in [2.24, 2.45) is 5.92 Å². The van der Waals surface area contributed by atoms with E-state index in [9.17, 15) is 18.0 Å². The zero-order chi connectivity index (χ0) is 18.7. The first-order valence-corrected chi connectivity index (χ1v) is 9.36. The van der Waals surface area contributed by atoms with Crippen molar-refractivity contribution >= 4 is 17.7 Å². The molecule has 26 heavy (non-hydrogen) atoms. The van der Waals surface area contributed by atoms with Crippen LogP contribution in [0.5, 0.6) is 0 Å². The van der Waals surface area contributed by atoms with Crippen LogP contribution >= 0.6 is 11.8 Å². The van der Waals surface area contributed by atoms with Gasteiger partial charge in [0.25, 0.3) is 5.91 Å². The molecule has 140 valence electrons. The number of nitrogens with one attached hydrogen (secondary N) is 1. The Kier molecular flexibility index (Phi) is 5.55. The fourth-order valence-electron chi connectivity index (χ4n) is 2.97. The van der Waals surface area contributed by atoms with Crippen molar-refractivity contribution in [3.8, 4) is 0 Å². The van der Waals surface area contributed by atoms with Crippen molar-refractivity contribution in [3.05, 3.63) is 41.5 Å². The van der Waals surface area contributed by atoms with Crippen LogP contribution in [0.15, 0.2) is 29.2 Å². The van der Waals surface area contributed by atoms with E-state index in [4.69, 9.17) is 0 Å². The summed E-state index contributed by atoms with van der Waals surface area (Å²) in [6.07, 6.45) is -3.98. The SMILES string of the molecule is CCSc1ccccc1C(=O)NCc1nnc2n1C[C@@H](C(F)(F)F)CC2. The van der Waals surface area contributed by atoms with E-state index in [-0.39, 0.29) is 31.8 Å². The Morgan fingerprint density at radius 3 is 2.85 bits per heavy atom. The quantitative estimate of drug-likeness (QED) is 0.803. The van der Waals surface area contributed by atoms with Gasteiger partial charge < -0.3 is 9.88 Å². The van der Waals surface area contributed by atoms with Gasteiger partial charge in [0.15, 0.2) is 5.82 Å². The Hall–Kier alpha value is -2.03. The first-order chi connectivity index (χ1) is 12.4. The van der Waals surface area contributed by atoms with Crippen LogP contribution in [-0.2, 0) is 19.5 Å².